The first kappa shape index (κ1) is 19.3. The van der Waals surface area contributed by atoms with E-state index in [9.17, 15) is 18.0 Å². The highest BCUT2D eigenvalue weighted by molar-refractivity contribution is 6.04. The first-order valence-corrected chi connectivity index (χ1v) is 8.35. The van der Waals surface area contributed by atoms with Crippen molar-refractivity contribution in [2.75, 3.05) is 5.32 Å². The highest BCUT2D eigenvalue weighted by Gasteiger charge is 2.33. The maximum atomic E-state index is 12.7. The number of amides is 1. The second-order valence-electron chi connectivity index (χ2n) is 7.25. The van der Waals surface area contributed by atoms with Gasteiger partial charge in [0.2, 0.25) is 11.9 Å². The van der Waals surface area contributed by atoms with Gasteiger partial charge in [-0.25, -0.2) is 4.99 Å². The van der Waals surface area contributed by atoms with Crippen LogP contribution in [-0.4, -0.2) is 27.6 Å². The van der Waals surface area contributed by atoms with Gasteiger partial charge in [-0.05, 0) is 33.6 Å². The molecule has 1 aromatic heterocycles. The van der Waals surface area contributed by atoms with Crippen LogP contribution in [0.1, 0.15) is 58.6 Å². The lowest BCUT2D eigenvalue weighted by Crippen LogP contribution is -2.41. The molecule has 1 amide bonds. The van der Waals surface area contributed by atoms with Crippen molar-refractivity contribution in [3.63, 3.8) is 0 Å². The first-order chi connectivity index (χ1) is 11.5. The fourth-order valence-electron chi connectivity index (χ4n) is 2.66. The average molecular weight is 359 g/mol. The summed E-state index contributed by atoms with van der Waals surface area (Å²) in [5.41, 5.74) is -1.49. The van der Waals surface area contributed by atoms with E-state index < -0.39 is 17.4 Å². The molecule has 0 spiro atoms. The average Bonchev–Trinajstić information content (AvgIpc) is 2.95. The van der Waals surface area contributed by atoms with Gasteiger partial charge in [-0.1, -0.05) is 19.3 Å². The van der Waals surface area contributed by atoms with Crippen molar-refractivity contribution in [1.29, 1.82) is 0 Å². The summed E-state index contributed by atoms with van der Waals surface area (Å²) in [5.74, 6) is -0.213. The van der Waals surface area contributed by atoms with E-state index in [1.165, 1.54) is 0 Å². The number of nitrogens with zero attached hydrogens (tertiary/aromatic N) is 2. The molecular formula is C16H24F3N5O. The number of carbonyl (C=O) groups is 1. The number of aromatic amines is 1. The zero-order valence-electron chi connectivity index (χ0n) is 14.6. The molecule has 1 aliphatic carbocycles. The minimum absolute atomic E-state index is 0.0562. The topological polar surface area (TPSA) is 82.2 Å². The molecule has 9 heteroatoms. The monoisotopic (exact) mass is 359 g/mol. The Hall–Kier alpha value is -2.06. The second kappa shape index (κ2) is 7.45. The van der Waals surface area contributed by atoms with Crippen LogP contribution in [0.3, 0.4) is 0 Å². The maximum absolute atomic E-state index is 12.7. The van der Waals surface area contributed by atoms with Crippen molar-refractivity contribution in [2.24, 2.45) is 10.9 Å². The van der Waals surface area contributed by atoms with E-state index in [2.05, 4.69) is 20.7 Å². The molecule has 6 nitrogen and oxygen atoms in total. The normalized spacial score (nSPS) is 17.4. The van der Waals surface area contributed by atoms with Crippen molar-refractivity contribution in [1.82, 2.24) is 15.5 Å². The van der Waals surface area contributed by atoms with E-state index in [1.54, 1.807) is 0 Å². The van der Waals surface area contributed by atoms with Crippen molar-refractivity contribution in [3.05, 3.63) is 11.8 Å². The molecule has 0 unspecified atom stereocenters. The number of alkyl halides is 3. The molecular weight excluding hydrogens is 335 g/mol. The van der Waals surface area contributed by atoms with Gasteiger partial charge >= 0.3 is 6.18 Å². The van der Waals surface area contributed by atoms with E-state index in [1.807, 2.05) is 25.9 Å². The lowest BCUT2D eigenvalue weighted by atomic mass is 9.89. The zero-order valence-corrected chi connectivity index (χ0v) is 14.6. The zero-order chi connectivity index (χ0) is 18.7. The standard InChI is InChI=1S/C16H24F3N5O/c1-15(2,3)22-14(21-13(25)10-7-5-4-6-8-10)20-12-9-11(23-24-12)16(17,18)19/h9-10H,4-8H2,1-3H3,(H3,20,21,22,23,24,25). The van der Waals surface area contributed by atoms with Crippen LogP contribution in [0.2, 0.25) is 0 Å². The highest BCUT2D eigenvalue weighted by atomic mass is 19.4. The van der Waals surface area contributed by atoms with Gasteiger partial charge in [0.1, 0.15) is 5.69 Å². The molecule has 1 aromatic rings. The van der Waals surface area contributed by atoms with Gasteiger partial charge in [0, 0.05) is 12.0 Å². The number of aliphatic imine (C=N–C) groups is 1. The van der Waals surface area contributed by atoms with E-state index in [0.717, 1.165) is 38.2 Å². The molecule has 140 valence electrons. The summed E-state index contributed by atoms with van der Waals surface area (Å²) in [6.07, 6.45) is 0.250. The molecule has 1 saturated carbocycles. The Bertz CT molecular complexity index is 624. The molecule has 0 bridgehead atoms. The number of rotatable bonds is 2. The Labute approximate surface area is 144 Å². The number of H-pyrrole nitrogens is 1. The smallest absolute Gasteiger partial charge is 0.309 e. The summed E-state index contributed by atoms with van der Waals surface area (Å²) < 4.78 is 38.0. The number of guanidine groups is 1. The van der Waals surface area contributed by atoms with Gasteiger partial charge in [0.25, 0.3) is 0 Å². The van der Waals surface area contributed by atoms with Crippen LogP contribution in [0.25, 0.3) is 0 Å². The summed E-state index contributed by atoms with van der Waals surface area (Å²) in [4.78, 5) is 16.8. The number of hydrogen-bond acceptors (Lipinski definition) is 3. The molecule has 0 aliphatic heterocycles. The van der Waals surface area contributed by atoms with E-state index in [0.29, 0.717) is 0 Å². The molecule has 25 heavy (non-hydrogen) atoms. The van der Waals surface area contributed by atoms with Crippen molar-refractivity contribution < 1.29 is 18.0 Å². The quantitative estimate of drug-likeness (QED) is 0.556. The molecule has 1 aliphatic rings. The molecule has 2 rings (SSSR count). The third kappa shape index (κ3) is 6.06. The lowest BCUT2D eigenvalue weighted by molar-refractivity contribution is -0.141. The Morgan fingerprint density at radius 3 is 2.40 bits per heavy atom. The van der Waals surface area contributed by atoms with Crippen LogP contribution in [-0.2, 0) is 11.0 Å². The van der Waals surface area contributed by atoms with Crippen LogP contribution in [0.4, 0.5) is 19.0 Å². The predicted molar refractivity (Wildman–Crippen MR) is 89.1 cm³/mol. The maximum Gasteiger partial charge on any atom is 0.432 e. The molecule has 0 radical (unpaired) electrons. The largest absolute Gasteiger partial charge is 0.432 e. The summed E-state index contributed by atoms with van der Waals surface area (Å²) in [7, 11) is 0. The number of carbonyl (C=O) groups excluding carboxylic acids is 1. The van der Waals surface area contributed by atoms with E-state index >= 15 is 0 Å². The van der Waals surface area contributed by atoms with Gasteiger partial charge in [-0.15, -0.1) is 0 Å². The van der Waals surface area contributed by atoms with Crippen molar-refractivity contribution in [3.8, 4) is 0 Å². The molecule has 3 N–H and O–H groups in total. The third-order valence-electron chi connectivity index (χ3n) is 3.79. The number of hydrogen-bond donors (Lipinski definition) is 3. The van der Waals surface area contributed by atoms with Gasteiger partial charge in [0.15, 0.2) is 5.82 Å². The minimum atomic E-state index is -4.51. The van der Waals surface area contributed by atoms with Gasteiger partial charge in [-0.3, -0.25) is 15.2 Å². The number of halogens is 3. The van der Waals surface area contributed by atoms with Crippen molar-refractivity contribution in [2.45, 2.75) is 64.6 Å². The Kier molecular flexibility index (Phi) is 5.74. The molecule has 0 aromatic carbocycles. The molecule has 1 heterocycles. The minimum Gasteiger partial charge on any atom is -0.309 e. The molecule has 0 atom stereocenters. The molecule has 1 fully saturated rings. The summed E-state index contributed by atoms with van der Waals surface area (Å²) >= 11 is 0. The van der Waals surface area contributed by atoms with E-state index in [-0.39, 0.29) is 23.6 Å². The van der Waals surface area contributed by atoms with Gasteiger partial charge in [-0.2, -0.15) is 18.3 Å². The number of nitrogens with one attached hydrogen (secondary N) is 3. The second-order valence-corrected chi connectivity index (χ2v) is 7.25. The van der Waals surface area contributed by atoms with Gasteiger partial charge < -0.3 is 5.32 Å². The van der Waals surface area contributed by atoms with Crippen LogP contribution in [0.5, 0.6) is 0 Å². The number of aromatic nitrogens is 2. The molecule has 0 saturated heterocycles. The fourth-order valence-corrected chi connectivity index (χ4v) is 2.66. The van der Waals surface area contributed by atoms with Crippen LogP contribution in [0, 0.1) is 5.92 Å². The third-order valence-corrected chi connectivity index (χ3v) is 3.79. The van der Waals surface area contributed by atoms with Crippen LogP contribution < -0.4 is 10.6 Å². The Morgan fingerprint density at radius 1 is 1.24 bits per heavy atom. The summed E-state index contributed by atoms with van der Waals surface area (Å²) in [5, 5.41) is 10.9. The van der Waals surface area contributed by atoms with Crippen molar-refractivity contribution >= 4 is 17.7 Å². The lowest BCUT2D eigenvalue weighted by Gasteiger charge is -2.22. The van der Waals surface area contributed by atoms with Gasteiger partial charge in [0.05, 0.1) is 5.54 Å². The van der Waals surface area contributed by atoms with E-state index in [4.69, 9.17) is 0 Å². The van der Waals surface area contributed by atoms with Crippen LogP contribution >= 0.6 is 0 Å². The summed E-state index contributed by atoms with van der Waals surface area (Å²) in [6.45, 7) is 5.48. The first-order valence-electron chi connectivity index (χ1n) is 8.35. The summed E-state index contributed by atoms with van der Waals surface area (Å²) in [6, 6.07) is 0.838. The highest BCUT2D eigenvalue weighted by Crippen LogP contribution is 2.29. The SMILES string of the molecule is CC(C)(C)N=C(NC(=O)C1CCCCC1)Nc1cc(C(F)(F)F)[nH]n1. The fraction of sp³-hybridized carbons (Fsp3) is 0.688. The Morgan fingerprint density at radius 2 is 1.88 bits per heavy atom. The van der Waals surface area contributed by atoms with Crippen LogP contribution in [0.15, 0.2) is 11.1 Å². The predicted octanol–water partition coefficient (Wildman–Crippen LogP) is 3.69. The number of anilines is 1. The Balaban J connectivity index is 2.12.